The van der Waals surface area contributed by atoms with E-state index >= 15 is 0 Å². The number of likely N-dealkylation sites (tertiary alicyclic amines) is 1. The summed E-state index contributed by atoms with van der Waals surface area (Å²) in [5.74, 6) is -0.593. The molecule has 0 saturated carbocycles. The molecular weight excluding hydrogens is 300 g/mol. The lowest BCUT2D eigenvalue weighted by Gasteiger charge is -2.13. The zero-order valence-electron chi connectivity index (χ0n) is 13.5. The fourth-order valence-corrected chi connectivity index (χ4v) is 3.60. The number of hydrogen-bond acceptors (Lipinski definition) is 2. The van der Waals surface area contributed by atoms with Crippen molar-refractivity contribution in [2.45, 2.75) is 19.3 Å². The number of aromatic nitrogens is 1. The highest BCUT2D eigenvalue weighted by Crippen LogP contribution is 2.40. The molecule has 4 rings (SSSR count). The summed E-state index contributed by atoms with van der Waals surface area (Å²) in [5.41, 5.74) is 3.88. The van der Waals surface area contributed by atoms with Gasteiger partial charge in [-0.1, -0.05) is 48.5 Å². The van der Waals surface area contributed by atoms with Crippen molar-refractivity contribution in [2.24, 2.45) is 0 Å². The Bertz CT molecular complexity index is 927. The number of nitrogens with one attached hydrogen (secondary N) is 1. The van der Waals surface area contributed by atoms with Gasteiger partial charge in [-0.05, 0) is 24.1 Å². The topological polar surface area (TPSA) is 53.2 Å². The maximum Gasteiger partial charge on any atom is 0.237 e. The molecule has 2 heterocycles. The lowest BCUT2D eigenvalue weighted by atomic mass is 9.92. The number of H-pyrrole nitrogens is 1. The predicted octanol–water partition coefficient (Wildman–Crippen LogP) is 3.70. The second kappa shape index (κ2) is 5.64. The average Bonchev–Trinajstić information content (AvgIpc) is 3.12. The van der Waals surface area contributed by atoms with Crippen LogP contribution in [-0.4, -0.2) is 28.2 Å². The summed E-state index contributed by atoms with van der Waals surface area (Å²) < 4.78 is 0. The van der Waals surface area contributed by atoms with Crippen LogP contribution in [0.15, 0.2) is 54.6 Å². The molecule has 0 bridgehead atoms. The predicted molar refractivity (Wildman–Crippen MR) is 93.5 cm³/mol. The number of carbonyl (C=O) groups excluding carboxylic acids is 2. The molecule has 4 nitrogen and oxygen atoms in total. The zero-order valence-corrected chi connectivity index (χ0v) is 13.5. The van der Waals surface area contributed by atoms with Gasteiger partial charge in [-0.15, -0.1) is 0 Å². The van der Waals surface area contributed by atoms with Crippen LogP contribution in [0.25, 0.3) is 22.2 Å². The summed E-state index contributed by atoms with van der Waals surface area (Å²) in [5, 5.41) is 1.01. The second-order valence-electron chi connectivity index (χ2n) is 6.06. The van der Waals surface area contributed by atoms with Crippen LogP contribution in [-0.2, 0) is 9.59 Å². The first kappa shape index (κ1) is 14.7. The van der Waals surface area contributed by atoms with Gasteiger partial charge in [-0.3, -0.25) is 14.5 Å². The monoisotopic (exact) mass is 318 g/mol. The number of carbonyl (C=O) groups is 2. The van der Waals surface area contributed by atoms with Crippen molar-refractivity contribution >= 4 is 22.7 Å². The SMILES string of the molecule is CCN1C(=O)C[C@@H](c2c(-c3ccccc3)[nH]c3ccccc23)C1=O. The van der Waals surface area contributed by atoms with Crippen molar-refractivity contribution in [2.75, 3.05) is 6.54 Å². The molecule has 0 aliphatic carbocycles. The molecule has 2 amide bonds. The van der Waals surface area contributed by atoms with E-state index in [1.807, 2.05) is 61.5 Å². The summed E-state index contributed by atoms with van der Waals surface area (Å²) >= 11 is 0. The number of para-hydroxylation sites is 1. The maximum atomic E-state index is 12.8. The van der Waals surface area contributed by atoms with Crippen molar-refractivity contribution in [3.63, 3.8) is 0 Å². The molecule has 1 saturated heterocycles. The first-order chi connectivity index (χ1) is 11.7. The Kier molecular flexibility index (Phi) is 3.45. The molecule has 1 aliphatic rings. The van der Waals surface area contributed by atoms with Gasteiger partial charge in [0, 0.05) is 23.9 Å². The summed E-state index contributed by atoms with van der Waals surface area (Å²) in [7, 11) is 0. The van der Waals surface area contributed by atoms with Crippen LogP contribution in [0.3, 0.4) is 0 Å². The highest BCUT2D eigenvalue weighted by atomic mass is 16.2. The number of fused-ring (bicyclic) bond motifs is 1. The van der Waals surface area contributed by atoms with Crippen LogP contribution in [0.2, 0.25) is 0 Å². The Hall–Kier alpha value is -2.88. The largest absolute Gasteiger partial charge is 0.354 e. The van der Waals surface area contributed by atoms with Crippen molar-refractivity contribution < 1.29 is 9.59 Å². The van der Waals surface area contributed by atoms with E-state index in [9.17, 15) is 9.59 Å². The number of likely N-dealkylation sites (N-methyl/N-ethyl adjacent to an activating group) is 1. The standard InChI is InChI=1S/C20H18N2O2/c1-2-22-17(23)12-15(20(22)24)18-14-10-6-7-11-16(14)21-19(18)13-8-4-3-5-9-13/h3-11,15,21H,2,12H2,1H3/t15-/m0/s1. The van der Waals surface area contributed by atoms with Crippen LogP contribution >= 0.6 is 0 Å². The van der Waals surface area contributed by atoms with Crippen LogP contribution in [0.1, 0.15) is 24.8 Å². The molecule has 1 aliphatic heterocycles. The molecule has 4 heteroatoms. The normalized spacial score (nSPS) is 17.9. The fourth-order valence-electron chi connectivity index (χ4n) is 3.60. The number of amides is 2. The van der Waals surface area contributed by atoms with Crippen LogP contribution in [0.4, 0.5) is 0 Å². The van der Waals surface area contributed by atoms with Gasteiger partial charge in [0.1, 0.15) is 0 Å². The van der Waals surface area contributed by atoms with Gasteiger partial charge in [-0.25, -0.2) is 0 Å². The number of benzene rings is 2. The Morgan fingerprint density at radius 2 is 1.75 bits per heavy atom. The molecule has 24 heavy (non-hydrogen) atoms. The minimum absolute atomic E-state index is 0.0863. The summed E-state index contributed by atoms with van der Waals surface area (Å²) in [6.45, 7) is 2.27. The third kappa shape index (κ3) is 2.14. The number of imide groups is 1. The first-order valence-corrected chi connectivity index (χ1v) is 8.21. The summed E-state index contributed by atoms with van der Waals surface area (Å²) in [4.78, 5) is 29.8. The Morgan fingerprint density at radius 3 is 2.46 bits per heavy atom. The van der Waals surface area contributed by atoms with Crippen LogP contribution < -0.4 is 0 Å². The second-order valence-corrected chi connectivity index (χ2v) is 6.06. The van der Waals surface area contributed by atoms with Gasteiger partial charge in [0.15, 0.2) is 0 Å². The number of nitrogens with zero attached hydrogens (tertiary/aromatic N) is 1. The lowest BCUT2D eigenvalue weighted by molar-refractivity contribution is -0.138. The molecular formula is C20H18N2O2. The highest BCUT2D eigenvalue weighted by molar-refractivity contribution is 6.09. The minimum atomic E-state index is -0.413. The van der Waals surface area contributed by atoms with Gasteiger partial charge < -0.3 is 4.98 Å². The van der Waals surface area contributed by atoms with Crippen molar-refractivity contribution in [1.82, 2.24) is 9.88 Å². The molecule has 1 fully saturated rings. The quantitative estimate of drug-likeness (QED) is 0.749. The molecule has 0 radical (unpaired) electrons. The Balaban J connectivity index is 1.94. The number of aromatic amines is 1. The molecule has 3 aromatic rings. The smallest absolute Gasteiger partial charge is 0.237 e. The van der Waals surface area contributed by atoms with E-state index in [0.29, 0.717) is 6.54 Å². The van der Waals surface area contributed by atoms with E-state index in [1.165, 1.54) is 4.90 Å². The van der Waals surface area contributed by atoms with E-state index in [1.54, 1.807) is 0 Å². The van der Waals surface area contributed by atoms with Crippen molar-refractivity contribution in [3.05, 3.63) is 60.2 Å². The Morgan fingerprint density at radius 1 is 1.04 bits per heavy atom. The average molecular weight is 318 g/mol. The van der Waals surface area contributed by atoms with Gasteiger partial charge in [0.2, 0.25) is 11.8 Å². The van der Waals surface area contributed by atoms with E-state index in [0.717, 1.165) is 27.7 Å². The van der Waals surface area contributed by atoms with E-state index < -0.39 is 5.92 Å². The van der Waals surface area contributed by atoms with Crippen molar-refractivity contribution in [3.8, 4) is 11.3 Å². The third-order valence-electron chi connectivity index (χ3n) is 4.72. The van der Waals surface area contributed by atoms with Gasteiger partial charge in [-0.2, -0.15) is 0 Å². The molecule has 0 spiro atoms. The van der Waals surface area contributed by atoms with E-state index in [2.05, 4.69) is 4.98 Å². The van der Waals surface area contributed by atoms with E-state index in [-0.39, 0.29) is 18.2 Å². The van der Waals surface area contributed by atoms with Gasteiger partial charge in [0.05, 0.1) is 11.6 Å². The summed E-state index contributed by atoms with van der Waals surface area (Å²) in [6, 6.07) is 17.9. The van der Waals surface area contributed by atoms with E-state index in [4.69, 9.17) is 0 Å². The molecule has 120 valence electrons. The van der Waals surface area contributed by atoms with Gasteiger partial charge >= 0.3 is 0 Å². The highest BCUT2D eigenvalue weighted by Gasteiger charge is 2.40. The molecule has 1 atom stereocenters. The molecule has 2 aromatic carbocycles. The lowest BCUT2D eigenvalue weighted by Crippen LogP contribution is -2.29. The zero-order chi connectivity index (χ0) is 16.7. The number of hydrogen-bond donors (Lipinski definition) is 1. The minimum Gasteiger partial charge on any atom is -0.354 e. The fraction of sp³-hybridized carbons (Fsp3) is 0.200. The van der Waals surface area contributed by atoms with Gasteiger partial charge in [0.25, 0.3) is 0 Å². The maximum absolute atomic E-state index is 12.8. The van der Waals surface area contributed by atoms with Crippen LogP contribution in [0, 0.1) is 0 Å². The molecule has 1 aromatic heterocycles. The van der Waals surface area contributed by atoms with Crippen LogP contribution in [0.5, 0.6) is 0 Å². The molecule has 0 unspecified atom stereocenters. The first-order valence-electron chi connectivity index (χ1n) is 8.21. The Labute approximate surface area is 140 Å². The van der Waals surface area contributed by atoms with Crippen molar-refractivity contribution in [1.29, 1.82) is 0 Å². The third-order valence-corrected chi connectivity index (χ3v) is 4.72. The molecule has 1 N–H and O–H groups in total. The summed E-state index contributed by atoms with van der Waals surface area (Å²) in [6.07, 6.45) is 0.244. The number of rotatable bonds is 3.